The van der Waals surface area contributed by atoms with Gasteiger partial charge in [0.15, 0.2) is 0 Å². The predicted octanol–water partition coefficient (Wildman–Crippen LogP) is 1.47. The molecule has 0 saturated heterocycles. The third-order valence-corrected chi connectivity index (χ3v) is 4.85. The van der Waals surface area contributed by atoms with E-state index in [1.165, 1.54) is 0 Å². The summed E-state index contributed by atoms with van der Waals surface area (Å²) >= 11 is 0. The first-order valence-electron chi connectivity index (χ1n) is 7.70. The fraction of sp³-hybridized carbons (Fsp3) is 0.533. The van der Waals surface area contributed by atoms with E-state index in [0.717, 1.165) is 18.2 Å². The van der Waals surface area contributed by atoms with Crippen molar-refractivity contribution >= 4 is 15.9 Å². The number of amides is 1. The van der Waals surface area contributed by atoms with Crippen LogP contribution in [0, 0.1) is 5.92 Å². The van der Waals surface area contributed by atoms with E-state index in [9.17, 15) is 26.4 Å². The van der Waals surface area contributed by atoms with Gasteiger partial charge in [-0.1, -0.05) is 13.0 Å². The van der Waals surface area contributed by atoms with Gasteiger partial charge in [-0.15, -0.1) is 0 Å². The molecular formula is C15H22F3N3O3S. The summed E-state index contributed by atoms with van der Waals surface area (Å²) in [7, 11) is -4.07. The Morgan fingerprint density at radius 1 is 1.32 bits per heavy atom. The van der Waals surface area contributed by atoms with E-state index in [2.05, 4.69) is 10.0 Å². The van der Waals surface area contributed by atoms with Gasteiger partial charge in [-0.25, -0.2) is 13.1 Å². The number of carbonyl (C=O) groups excluding carboxylic acids is 1. The first-order chi connectivity index (χ1) is 11.6. The van der Waals surface area contributed by atoms with Gasteiger partial charge in [0.05, 0.1) is 10.5 Å². The van der Waals surface area contributed by atoms with Crippen LogP contribution in [-0.4, -0.2) is 34.0 Å². The molecule has 6 nitrogen and oxygen atoms in total. The molecule has 1 aromatic carbocycles. The van der Waals surface area contributed by atoms with E-state index in [1.54, 1.807) is 0 Å². The highest BCUT2D eigenvalue weighted by molar-refractivity contribution is 7.89. The SMILES string of the molecule is CC(CN)CNC(=O)CCCNS(=O)(=O)c1cccc(C(F)(F)F)c1. The Balaban J connectivity index is 2.50. The van der Waals surface area contributed by atoms with Crippen molar-refractivity contribution in [3.05, 3.63) is 29.8 Å². The first kappa shape index (κ1) is 21.4. The Morgan fingerprint density at radius 3 is 2.60 bits per heavy atom. The molecule has 1 atom stereocenters. The van der Waals surface area contributed by atoms with E-state index < -0.39 is 26.7 Å². The number of benzene rings is 1. The molecule has 0 aromatic heterocycles. The monoisotopic (exact) mass is 381 g/mol. The summed E-state index contributed by atoms with van der Waals surface area (Å²) in [5.41, 5.74) is 4.38. The van der Waals surface area contributed by atoms with Crippen LogP contribution in [-0.2, 0) is 21.0 Å². The van der Waals surface area contributed by atoms with Crippen molar-refractivity contribution in [2.24, 2.45) is 11.7 Å². The standard InChI is InChI=1S/C15H22F3N3O3S/c1-11(9-19)10-20-14(22)6-3-7-21-25(23,24)13-5-2-4-12(8-13)15(16,17)18/h2,4-5,8,11,21H,3,6-7,9-10,19H2,1H3,(H,20,22). The van der Waals surface area contributed by atoms with Crippen LogP contribution < -0.4 is 15.8 Å². The summed E-state index contributed by atoms with van der Waals surface area (Å²) in [6.07, 6.45) is -4.30. The molecule has 10 heteroatoms. The summed E-state index contributed by atoms with van der Waals surface area (Å²) < 4.78 is 64.1. The molecule has 0 radical (unpaired) electrons. The third-order valence-electron chi connectivity index (χ3n) is 3.39. The van der Waals surface area contributed by atoms with Crippen LogP contribution in [0.4, 0.5) is 13.2 Å². The number of carbonyl (C=O) groups is 1. The molecule has 1 amide bonds. The molecular weight excluding hydrogens is 359 g/mol. The topological polar surface area (TPSA) is 101 Å². The zero-order valence-corrected chi connectivity index (χ0v) is 14.6. The van der Waals surface area contributed by atoms with Crippen LogP contribution in [0.3, 0.4) is 0 Å². The Labute approximate surface area is 145 Å². The lowest BCUT2D eigenvalue weighted by molar-refractivity contribution is -0.137. The lowest BCUT2D eigenvalue weighted by Gasteiger charge is -2.11. The molecule has 0 fully saturated rings. The van der Waals surface area contributed by atoms with Crippen LogP contribution in [0.15, 0.2) is 29.2 Å². The maximum atomic E-state index is 12.6. The molecule has 0 aliphatic rings. The number of hydrogen-bond donors (Lipinski definition) is 3. The van der Waals surface area contributed by atoms with Gasteiger partial charge in [0.1, 0.15) is 0 Å². The Morgan fingerprint density at radius 2 is 2.00 bits per heavy atom. The van der Waals surface area contributed by atoms with Crippen LogP contribution >= 0.6 is 0 Å². The average Bonchev–Trinajstić information content (AvgIpc) is 2.56. The van der Waals surface area contributed by atoms with Crippen LogP contribution in [0.1, 0.15) is 25.3 Å². The largest absolute Gasteiger partial charge is 0.416 e. The first-order valence-corrected chi connectivity index (χ1v) is 9.18. The van der Waals surface area contributed by atoms with Crippen molar-refractivity contribution in [1.82, 2.24) is 10.0 Å². The highest BCUT2D eigenvalue weighted by Crippen LogP contribution is 2.30. The highest BCUT2D eigenvalue weighted by Gasteiger charge is 2.31. The zero-order chi connectivity index (χ0) is 19.1. The molecule has 4 N–H and O–H groups in total. The molecule has 1 rings (SSSR count). The van der Waals surface area contributed by atoms with E-state index in [1.807, 2.05) is 6.92 Å². The number of hydrogen-bond acceptors (Lipinski definition) is 4. The maximum absolute atomic E-state index is 12.6. The minimum absolute atomic E-state index is 0.0571. The Hall–Kier alpha value is -1.65. The molecule has 25 heavy (non-hydrogen) atoms. The summed E-state index contributed by atoms with van der Waals surface area (Å²) in [5.74, 6) is -0.0954. The van der Waals surface area contributed by atoms with E-state index in [-0.39, 0.29) is 31.2 Å². The molecule has 0 heterocycles. The molecule has 0 aliphatic carbocycles. The van der Waals surface area contributed by atoms with Gasteiger partial charge in [-0.05, 0) is 37.1 Å². The fourth-order valence-corrected chi connectivity index (χ4v) is 2.96. The van der Waals surface area contributed by atoms with Crippen molar-refractivity contribution in [1.29, 1.82) is 0 Å². The second-order valence-electron chi connectivity index (χ2n) is 5.67. The maximum Gasteiger partial charge on any atom is 0.416 e. The summed E-state index contributed by atoms with van der Waals surface area (Å²) in [5, 5.41) is 2.67. The summed E-state index contributed by atoms with van der Waals surface area (Å²) in [6.45, 7) is 2.70. The van der Waals surface area contributed by atoms with Crippen molar-refractivity contribution in [3.63, 3.8) is 0 Å². The number of sulfonamides is 1. The second kappa shape index (κ2) is 9.16. The summed E-state index contributed by atoms with van der Waals surface area (Å²) in [4.78, 5) is 11.1. The predicted molar refractivity (Wildman–Crippen MR) is 87.1 cm³/mol. The number of alkyl halides is 3. The lowest BCUT2D eigenvalue weighted by Crippen LogP contribution is -2.32. The van der Waals surface area contributed by atoms with Gasteiger partial charge in [0.2, 0.25) is 15.9 Å². The fourth-order valence-electron chi connectivity index (χ4n) is 1.84. The number of rotatable bonds is 9. The molecule has 0 aliphatic heterocycles. The minimum atomic E-state index is -4.62. The highest BCUT2D eigenvalue weighted by atomic mass is 32.2. The normalized spacial score (nSPS) is 13.5. The number of nitrogens with two attached hydrogens (primary N) is 1. The summed E-state index contributed by atoms with van der Waals surface area (Å²) in [6, 6.07) is 3.48. The van der Waals surface area contributed by atoms with Gasteiger partial charge in [-0.2, -0.15) is 13.2 Å². The number of nitrogens with one attached hydrogen (secondary N) is 2. The van der Waals surface area contributed by atoms with Crippen LogP contribution in [0.25, 0.3) is 0 Å². The molecule has 1 unspecified atom stereocenters. The minimum Gasteiger partial charge on any atom is -0.356 e. The van der Waals surface area contributed by atoms with Gasteiger partial charge < -0.3 is 11.1 Å². The van der Waals surface area contributed by atoms with Gasteiger partial charge in [-0.3, -0.25) is 4.79 Å². The van der Waals surface area contributed by atoms with E-state index in [4.69, 9.17) is 5.73 Å². The number of halogens is 3. The van der Waals surface area contributed by atoms with Gasteiger partial charge in [0, 0.05) is 19.5 Å². The van der Waals surface area contributed by atoms with Crippen molar-refractivity contribution in [3.8, 4) is 0 Å². The smallest absolute Gasteiger partial charge is 0.356 e. The van der Waals surface area contributed by atoms with Crippen molar-refractivity contribution in [2.45, 2.75) is 30.8 Å². The van der Waals surface area contributed by atoms with Gasteiger partial charge >= 0.3 is 6.18 Å². The molecule has 0 spiro atoms. The molecule has 1 aromatic rings. The van der Waals surface area contributed by atoms with Gasteiger partial charge in [0.25, 0.3) is 0 Å². The van der Waals surface area contributed by atoms with Crippen LogP contribution in [0.2, 0.25) is 0 Å². The Bertz CT molecular complexity index is 678. The average molecular weight is 381 g/mol. The second-order valence-corrected chi connectivity index (χ2v) is 7.44. The quantitative estimate of drug-likeness (QED) is 0.564. The van der Waals surface area contributed by atoms with Crippen molar-refractivity contribution in [2.75, 3.05) is 19.6 Å². The van der Waals surface area contributed by atoms with Crippen molar-refractivity contribution < 1.29 is 26.4 Å². The third kappa shape index (κ3) is 7.41. The van der Waals surface area contributed by atoms with Crippen LogP contribution in [0.5, 0.6) is 0 Å². The van der Waals surface area contributed by atoms with E-state index in [0.29, 0.717) is 19.2 Å². The molecule has 142 valence electrons. The Kier molecular flexibility index (Phi) is 7.84. The van der Waals surface area contributed by atoms with E-state index >= 15 is 0 Å². The molecule has 0 bridgehead atoms. The zero-order valence-electron chi connectivity index (χ0n) is 13.8. The molecule has 0 saturated carbocycles. The lowest BCUT2D eigenvalue weighted by atomic mass is 10.2.